The van der Waals surface area contributed by atoms with Crippen molar-refractivity contribution in [2.45, 2.75) is 27.2 Å². The molecule has 0 aromatic heterocycles. The van der Waals surface area contributed by atoms with Crippen LogP contribution in [0.1, 0.15) is 27.2 Å². The van der Waals surface area contributed by atoms with Gasteiger partial charge in [0.2, 0.25) is 0 Å². The number of allylic oxidation sites excluding steroid dienone is 1. The van der Waals surface area contributed by atoms with E-state index in [0.29, 0.717) is 12.0 Å². The van der Waals surface area contributed by atoms with Crippen molar-refractivity contribution in [3.63, 3.8) is 0 Å². The Bertz CT molecular complexity index is 192. The smallest absolute Gasteiger partial charge is 0.341 e. The molecule has 62 valence electrons. The maximum Gasteiger partial charge on any atom is 0.341 e. The minimum absolute atomic E-state index is 0.528. The molecule has 11 heavy (non-hydrogen) atoms. The maximum absolute atomic E-state index is 10.9. The van der Waals surface area contributed by atoms with Gasteiger partial charge in [-0.05, 0) is 13.3 Å². The van der Waals surface area contributed by atoms with Gasteiger partial charge >= 0.3 is 11.9 Å². The van der Waals surface area contributed by atoms with E-state index in [1.54, 1.807) is 13.0 Å². The molecule has 0 radical (unpaired) electrons. The predicted octanol–water partition coefficient (Wildman–Crippen LogP) is 1.43. The molecule has 3 heteroatoms. The van der Waals surface area contributed by atoms with Crippen molar-refractivity contribution in [1.29, 1.82) is 0 Å². The minimum atomic E-state index is -0.567. The summed E-state index contributed by atoms with van der Waals surface area (Å²) >= 11 is 0. The van der Waals surface area contributed by atoms with E-state index in [2.05, 4.69) is 4.74 Å². The summed E-state index contributed by atoms with van der Waals surface area (Å²) in [6, 6.07) is 0. The van der Waals surface area contributed by atoms with Crippen molar-refractivity contribution in [3.8, 4) is 0 Å². The molecule has 0 saturated carbocycles. The van der Waals surface area contributed by atoms with E-state index >= 15 is 0 Å². The second kappa shape index (κ2) is 4.66. The quantitative estimate of drug-likeness (QED) is 0.345. The first-order chi connectivity index (χ1) is 5.11. The van der Waals surface area contributed by atoms with Crippen LogP contribution >= 0.6 is 0 Å². The Morgan fingerprint density at radius 1 is 1.45 bits per heavy atom. The highest BCUT2D eigenvalue weighted by atomic mass is 16.6. The molecule has 0 aromatic rings. The molecule has 0 aliphatic carbocycles. The Morgan fingerprint density at radius 2 is 2.00 bits per heavy atom. The van der Waals surface area contributed by atoms with E-state index in [1.807, 2.05) is 6.92 Å². The summed E-state index contributed by atoms with van der Waals surface area (Å²) in [5.41, 5.74) is 0.528. The van der Waals surface area contributed by atoms with Crippen molar-refractivity contribution in [2.75, 3.05) is 0 Å². The normalized spacial score (nSPS) is 11.0. The Morgan fingerprint density at radius 3 is 2.27 bits per heavy atom. The van der Waals surface area contributed by atoms with Crippen LogP contribution < -0.4 is 0 Å². The summed E-state index contributed by atoms with van der Waals surface area (Å²) < 4.78 is 4.35. The van der Waals surface area contributed by atoms with Gasteiger partial charge in [0.1, 0.15) is 0 Å². The van der Waals surface area contributed by atoms with Gasteiger partial charge in [-0.1, -0.05) is 13.0 Å². The van der Waals surface area contributed by atoms with Gasteiger partial charge in [-0.3, -0.25) is 4.79 Å². The summed E-state index contributed by atoms with van der Waals surface area (Å²) in [7, 11) is 0. The Labute approximate surface area is 66.0 Å². The molecule has 0 N–H and O–H groups in total. The maximum atomic E-state index is 10.9. The highest BCUT2D eigenvalue weighted by Gasteiger charge is 2.09. The summed E-state index contributed by atoms with van der Waals surface area (Å²) in [5.74, 6) is -1.11. The lowest BCUT2D eigenvalue weighted by Gasteiger charge is -2.00. The lowest BCUT2D eigenvalue weighted by Crippen LogP contribution is -2.10. The molecule has 0 heterocycles. The lowest BCUT2D eigenvalue weighted by atomic mass is 10.2. The van der Waals surface area contributed by atoms with E-state index in [4.69, 9.17) is 0 Å². The molecule has 0 aliphatic rings. The third-order valence-electron chi connectivity index (χ3n) is 1.23. The fraction of sp³-hybridized carbons (Fsp3) is 0.500. The third-order valence-corrected chi connectivity index (χ3v) is 1.23. The zero-order valence-corrected chi connectivity index (χ0v) is 7.01. The van der Waals surface area contributed by atoms with Gasteiger partial charge in [0.25, 0.3) is 0 Å². The number of esters is 2. The molecule has 0 unspecified atom stereocenters. The summed E-state index contributed by atoms with van der Waals surface area (Å²) in [4.78, 5) is 21.2. The first-order valence-electron chi connectivity index (χ1n) is 3.49. The largest absolute Gasteiger partial charge is 0.390 e. The van der Waals surface area contributed by atoms with Crippen LogP contribution in [0.2, 0.25) is 0 Å². The van der Waals surface area contributed by atoms with Crippen LogP contribution in [0.25, 0.3) is 0 Å². The number of carbonyl (C=O) groups excluding carboxylic acids is 2. The first kappa shape index (κ1) is 9.88. The molecule has 0 bridgehead atoms. The SMILES string of the molecule is CC=C(CC)C(=O)OC(C)=O. The summed E-state index contributed by atoms with van der Waals surface area (Å²) in [6.45, 7) is 4.78. The van der Waals surface area contributed by atoms with Crippen molar-refractivity contribution in [3.05, 3.63) is 11.6 Å². The third kappa shape index (κ3) is 3.55. The van der Waals surface area contributed by atoms with Crippen LogP contribution in [-0.4, -0.2) is 11.9 Å². The van der Waals surface area contributed by atoms with Crippen LogP contribution in [0.5, 0.6) is 0 Å². The van der Waals surface area contributed by atoms with Crippen LogP contribution in [0.15, 0.2) is 11.6 Å². The van der Waals surface area contributed by atoms with Crippen molar-refractivity contribution in [2.24, 2.45) is 0 Å². The number of ether oxygens (including phenoxy) is 1. The van der Waals surface area contributed by atoms with Gasteiger partial charge in [-0.2, -0.15) is 0 Å². The standard InChI is InChI=1S/C8H12O3/c1-4-7(5-2)8(10)11-6(3)9/h4H,5H2,1-3H3. The van der Waals surface area contributed by atoms with Crippen LogP contribution in [-0.2, 0) is 14.3 Å². The Balaban J connectivity index is 4.12. The van der Waals surface area contributed by atoms with Crippen LogP contribution in [0.4, 0.5) is 0 Å². The second-order valence-electron chi connectivity index (χ2n) is 2.05. The Hall–Kier alpha value is -1.12. The first-order valence-corrected chi connectivity index (χ1v) is 3.49. The van der Waals surface area contributed by atoms with Gasteiger partial charge in [-0.15, -0.1) is 0 Å². The fourth-order valence-corrected chi connectivity index (χ4v) is 0.662. The van der Waals surface area contributed by atoms with E-state index < -0.39 is 11.9 Å². The van der Waals surface area contributed by atoms with E-state index in [0.717, 1.165) is 0 Å². The zero-order chi connectivity index (χ0) is 8.85. The average Bonchev–Trinajstić information content (AvgIpc) is 1.88. The van der Waals surface area contributed by atoms with Gasteiger partial charge in [0.05, 0.1) is 0 Å². The highest BCUT2D eigenvalue weighted by Crippen LogP contribution is 2.02. The van der Waals surface area contributed by atoms with Gasteiger partial charge in [0, 0.05) is 12.5 Å². The second-order valence-corrected chi connectivity index (χ2v) is 2.05. The molecule has 3 nitrogen and oxygen atoms in total. The number of hydrogen-bond acceptors (Lipinski definition) is 3. The molecular weight excluding hydrogens is 144 g/mol. The molecule has 0 aromatic carbocycles. The van der Waals surface area contributed by atoms with E-state index in [1.165, 1.54) is 6.92 Å². The van der Waals surface area contributed by atoms with Crippen LogP contribution in [0, 0.1) is 0 Å². The summed E-state index contributed by atoms with van der Waals surface area (Å²) in [6.07, 6.45) is 2.23. The highest BCUT2D eigenvalue weighted by molar-refractivity contribution is 5.95. The van der Waals surface area contributed by atoms with Crippen LogP contribution in [0.3, 0.4) is 0 Å². The topological polar surface area (TPSA) is 43.4 Å². The lowest BCUT2D eigenvalue weighted by molar-refractivity contribution is -0.155. The molecular formula is C8H12O3. The number of carbonyl (C=O) groups is 2. The van der Waals surface area contributed by atoms with Gasteiger partial charge in [0.15, 0.2) is 0 Å². The molecule has 0 atom stereocenters. The van der Waals surface area contributed by atoms with Gasteiger partial charge in [-0.25, -0.2) is 4.79 Å². The average molecular weight is 156 g/mol. The number of rotatable bonds is 2. The molecule has 0 amide bonds. The summed E-state index contributed by atoms with van der Waals surface area (Å²) in [5, 5.41) is 0. The Kier molecular flexibility index (Phi) is 4.18. The number of hydrogen-bond donors (Lipinski definition) is 0. The molecule has 0 fully saturated rings. The van der Waals surface area contributed by atoms with E-state index in [-0.39, 0.29) is 0 Å². The molecule has 0 spiro atoms. The minimum Gasteiger partial charge on any atom is -0.390 e. The van der Waals surface area contributed by atoms with Crippen molar-refractivity contribution >= 4 is 11.9 Å². The van der Waals surface area contributed by atoms with E-state index in [9.17, 15) is 9.59 Å². The molecule has 0 rings (SSSR count). The monoisotopic (exact) mass is 156 g/mol. The van der Waals surface area contributed by atoms with Crippen molar-refractivity contribution < 1.29 is 14.3 Å². The van der Waals surface area contributed by atoms with Crippen molar-refractivity contribution in [1.82, 2.24) is 0 Å². The molecule has 0 aliphatic heterocycles. The molecule has 0 saturated heterocycles. The zero-order valence-electron chi connectivity index (χ0n) is 7.01. The fourth-order valence-electron chi connectivity index (χ4n) is 0.662. The predicted molar refractivity (Wildman–Crippen MR) is 40.8 cm³/mol. The van der Waals surface area contributed by atoms with Gasteiger partial charge < -0.3 is 4.74 Å².